The molecule has 6 nitrogen and oxygen atoms in total. The van der Waals surface area contributed by atoms with E-state index in [9.17, 15) is 19.3 Å². The number of ether oxygens (including phenoxy) is 1. The van der Waals surface area contributed by atoms with Crippen LogP contribution in [0.2, 0.25) is 0 Å². The van der Waals surface area contributed by atoms with Crippen LogP contribution in [-0.2, 0) is 4.79 Å². The lowest BCUT2D eigenvalue weighted by Gasteiger charge is -2.32. The van der Waals surface area contributed by atoms with Crippen molar-refractivity contribution in [2.45, 2.75) is 12.8 Å². The number of rotatable bonds is 6. The van der Waals surface area contributed by atoms with Crippen LogP contribution in [0.3, 0.4) is 0 Å². The summed E-state index contributed by atoms with van der Waals surface area (Å²) in [5, 5.41) is 11.0. The molecule has 7 heteroatoms. The van der Waals surface area contributed by atoms with Crippen molar-refractivity contribution in [3.8, 4) is 5.75 Å². The van der Waals surface area contributed by atoms with Crippen molar-refractivity contribution in [1.29, 1.82) is 0 Å². The van der Waals surface area contributed by atoms with Crippen molar-refractivity contribution < 1.29 is 18.8 Å². The van der Waals surface area contributed by atoms with Crippen molar-refractivity contribution in [1.82, 2.24) is 4.90 Å². The lowest BCUT2D eigenvalue weighted by molar-refractivity contribution is -0.385. The third-order valence-corrected chi connectivity index (χ3v) is 4.65. The van der Waals surface area contributed by atoms with Crippen molar-refractivity contribution in [3.05, 3.63) is 76.1 Å². The van der Waals surface area contributed by atoms with Crippen molar-refractivity contribution >= 4 is 17.7 Å². The fourth-order valence-electron chi connectivity index (χ4n) is 3.21. The number of benzene rings is 2. The first-order valence-corrected chi connectivity index (χ1v) is 9.11. The maximum atomic E-state index is 13.2. The number of piperidine rings is 1. The average Bonchev–Trinajstić information content (AvgIpc) is 2.72. The van der Waals surface area contributed by atoms with E-state index in [4.69, 9.17) is 4.74 Å². The molecule has 2 aromatic carbocycles. The summed E-state index contributed by atoms with van der Waals surface area (Å²) in [4.78, 5) is 24.6. The molecule has 0 N–H and O–H groups in total. The summed E-state index contributed by atoms with van der Waals surface area (Å²) in [7, 11) is 0. The normalized spacial score (nSPS) is 16.9. The minimum atomic E-state index is -0.688. The average molecular weight is 384 g/mol. The van der Waals surface area contributed by atoms with E-state index in [0.717, 1.165) is 30.7 Å². The second kappa shape index (κ2) is 9.12. The van der Waals surface area contributed by atoms with Gasteiger partial charge in [-0.05, 0) is 43.2 Å². The van der Waals surface area contributed by atoms with Crippen LogP contribution < -0.4 is 4.74 Å². The van der Waals surface area contributed by atoms with Gasteiger partial charge in [0.15, 0.2) is 0 Å². The molecule has 0 aliphatic carbocycles. The van der Waals surface area contributed by atoms with Gasteiger partial charge in [-0.3, -0.25) is 14.9 Å². The molecule has 1 heterocycles. The van der Waals surface area contributed by atoms with E-state index in [0.29, 0.717) is 19.7 Å². The number of para-hydroxylation sites is 1. The standard InChI is InChI=1S/C21H21FN2O4/c22-18-10-8-17(20(13-18)24(26)27)9-11-21(25)23-12-4-5-16(14-23)15-28-19-6-2-1-3-7-19/h1-3,6-11,13,16H,4-5,12,14-15H2/b11-9+. The van der Waals surface area contributed by atoms with Crippen molar-refractivity contribution in [2.75, 3.05) is 19.7 Å². The predicted molar refractivity (Wildman–Crippen MR) is 103 cm³/mol. The fraction of sp³-hybridized carbons (Fsp3) is 0.286. The Morgan fingerprint density at radius 3 is 2.82 bits per heavy atom. The van der Waals surface area contributed by atoms with Gasteiger partial charge in [0.2, 0.25) is 5.91 Å². The number of likely N-dealkylation sites (tertiary alicyclic amines) is 1. The number of nitrogens with zero attached hydrogens (tertiary/aromatic N) is 2. The molecule has 0 aromatic heterocycles. The van der Waals surface area contributed by atoms with Crippen LogP contribution in [0.5, 0.6) is 5.75 Å². The van der Waals surface area contributed by atoms with E-state index in [1.807, 2.05) is 30.3 Å². The zero-order valence-electron chi connectivity index (χ0n) is 15.3. The second-order valence-electron chi connectivity index (χ2n) is 6.71. The molecular weight excluding hydrogens is 363 g/mol. The molecule has 2 aromatic rings. The van der Waals surface area contributed by atoms with Gasteiger partial charge in [0, 0.05) is 25.1 Å². The highest BCUT2D eigenvalue weighted by molar-refractivity contribution is 5.92. The Labute approximate surface area is 162 Å². The molecule has 0 saturated carbocycles. The third kappa shape index (κ3) is 5.16. The Balaban J connectivity index is 1.59. The summed E-state index contributed by atoms with van der Waals surface area (Å²) in [5.74, 6) is 0.122. The molecule has 1 saturated heterocycles. The van der Waals surface area contributed by atoms with Gasteiger partial charge in [-0.15, -0.1) is 0 Å². The molecule has 1 aliphatic heterocycles. The Morgan fingerprint density at radius 1 is 1.29 bits per heavy atom. The number of nitro groups is 1. The molecule has 146 valence electrons. The SMILES string of the molecule is O=C(/C=C/c1ccc(F)cc1[N+](=O)[O-])N1CCCC(COc2ccccc2)C1. The zero-order chi connectivity index (χ0) is 19.9. The zero-order valence-corrected chi connectivity index (χ0v) is 15.3. The van der Waals surface area contributed by atoms with Crippen LogP contribution >= 0.6 is 0 Å². The smallest absolute Gasteiger partial charge is 0.279 e. The van der Waals surface area contributed by atoms with Crippen LogP contribution in [0.15, 0.2) is 54.6 Å². The second-order valence-corrected chi connectivity index (χ2v) is 6.71. The summed E-state index contributed by atoms with van der Waals surface area (Å²) in [5.41, 5.74) is -0.169. The largest absolute Gasteiger partial charge is 0.493 e. The first-order valence-electron chi connectivity index (χ1n) is 9.11. The lowest BCUT2D eigenvalue weighted by atomic mass is 9.99. The lowest BCUT2D eigenvalue weighted by Crippen LogP contribution is -2.40. The van der Waals surface area contributed by atoms with Gasteiger partial charge >= 0.3 is 0 Å². The first kappa shape index (κ1) is 19.5. The van der Waals surface area contributed by atoms with E-state index in [-0.39, 0.29) is 23.1 Å². The molecule has 1 fully saturated rings. The molecule has 1 unspecified atom stereocenters. The number of amides is 1. The van der Waals surface area contributed by atoms with Crippen LogP contribution in [0, 0.1) is 21.8 Å². The summed E-state index contributed by atoms with van der Waals surface area (Å²) >= 11 is 0. The maximum absolute atomic E-state index is 13.2. The molecule has 0 radical (unpaired) electrons. The van der Waals surface area contributed by atoms with Crippen LogP contribution in [-0.4, -0.2) is 35.4 Å². The quantitative estimate of drug-likeness (QED) is 0.428. The molecule has 28 heavy (non-hydrogen) atoms. The van der Waals surface area contributed by atoms with Crippen LogP contribution in [0.1, 0.15) is 18.4 Å². The number of halogens is 1. The highest BCUT2D eigenvalue weighted by atomic mass is 19.1. The summed E-state index contributed by atoms with van der Waals surface area (Å²) in [6.07, 6.45) is 4.52. The number of nitro benzene ring substituents is 1. The van der Waals surface area contributed by atoms with E-state index in [1.54, 1.807) is 4.90 Å². The monoisotopic (exact) mass is 384 g/mol. The molecular formula is C21H21FN2O4. The van der Waals surface area contributed by atoms with E-state index in [2.05, 4.69) is 0 Å². The van der Waals surface area contributed by atoms with E-state index in [1.165, 1.54) is 18.2 Å². The highest BCUT2D eigenvalue weighted by Gasteiger charge is 2.23. The van der Waals surface area contributed by atoms with Gasteiger partial charge < -0.3 is 9.64 Å². The number of carbonyl (C=O) groups excluding carboxylic acids is 1. The number of carbonyl (C=O) groups is 1. The molecule has 1 amide bonds. The third-order valence-electron chi connectivity index (χ3n) is 4.65. The number of hydrogen-bond acceptors (Lipinski definition) is 4. The minimum Gasteiger partial charge on any atom is -0.493 e. The van der Waals surface area contributed by atoms with Crippen LogP contribution in [0.4, 0.5) is 10.1 Å². The molecule has 3 rings (SSSR count). The summed E-state index contributed by atoms with van der Waals surface area (Å²) in [6.45, 7) is 1.74. The Hall–Kier alpha value is -3.22. The van der Waals surface area contributed by atoms with Crippen molar-refractivity contribution in [2.24, 2.45) is 5.92 Å². The maximum Gasteiger partial charge on any atom is 0.279 e. The minimum absolute atomic E-state index is 0.195. The van der Waals surface area contributed by atoms with Gasteiger partial charge in [-0.25, -0.2) is 4.39 Å². The first-order chi connectivity index (χ1) is 13.5. The summed E-state index contributed by atoms with van der Waals surface area (Å²) < 4.78 is 19.0. The molecule has 1 atom stereocenters. The van der Waals surface area contributed by atoms with Gasteiger partial charge in [0.25, 0.3) is 5.69 Å². The summed E-state index contributed by atoms with van der Waals surface area (Å²) in [6, 6.07) is 12.8. The molecule has 1 aliphatic rings. The Kier molecular flexibility index (Phi) is 6.37. The highest BCUT2D eigenvalue weighted by Crippen LogP contribution is 2.22. The molecule has 0 bridgehead atoms. The molecule has 0 spiro atoms. The van der Waals surface area contributed by atoms with Gasteiger partial charge in [0.1, 0.15) is 11.6 Å². The van der Waals surface area contributed by atoms with E-state index < -0.39 is 10.7 Å². The van der Waals surface area contributed by atoms with Gasteiger partial charge in [-0.2, -0.15) is 0 Å². The predicted octanol–water partition coefficient (Wildman–Crippen LogP) is 4.06. The van der Waals surface area contributed by atoms with Crippen molar-refractivity contribution in [3.63, 3.8) is 0 Å². The van der Waals surface area contributed by atoms with E-state index >= 15 is 0 Å². The van der Waals surface area contributed by atoms with Gasteiger partial charge in [-0.1, -0.05) is 18.2 Å². The fourth-order valence-corrected chi connectivity index (χ4v) is 3.21. The Morgan fingerprint density at radius 2 is 2.07 bits per heavy atom. The topological polar surface area (TPSA) is 72.7 Å². The van der Waals surface area contributed by atoms with Crippen LogP contribution in [0.25, 0.3) is 6.08 Å². The van der Waals surface area contributed by atoms with Gasteiger partial charge in [0.05, 0.1) is 23.2 Å². The number of hydrogen-bond donors (Lipinski definition) is 0. The Bertz CT molecular complexity index is 870.